The Morgan fingerprint density at radius 1 is 1.27 bits per heavy atom. The predicted molar refractivity (Wildman–Crippen MR) is 79.0 cm³/mol. The van der Waals surface area contributed by atoms with Gasteiger partial charge in [0.2, 0.25) is 16.9 Å². The summed E-state index contributed by atoms with van der Waals surface area (Å²) in [6.45, 7) is 0. The van der Waals surface area contributed by atoms with Crippen LogP contribution in [0.3, 0.4) is 0 Å². The fourth-order valence-electron chi connectivity index (χ4n) is 1.49. The van der Waals surface area contributed by atoms with Gasteiger partial charge in [-0.1, -0.05) is 23.1 Å². The fraction of sp³-hybridized carbons (Fsp3) is 0.0833. The van der Waals surface area contributed by atoms with Crippen molar-refractivity contribution in [2.75, 3.05) is 11.1 Å². The molecule has 0 unspecified atom stereocenters. The summed E-state index contributed by atoms with van der Waals surface area (Å²) >= 11 is 2.33. The number of benzene rings is 1. The molecular formula is C12H8FN5O2S2. The molecule has 22 heavy (non-hydrogen) atoms. The van der Waals surface area contributed by atoms with Crippen LogP contribution in [-0.4, -0.2) is 32.1 Å². The molecule has 3 aromatic rings. The molecule has 0 atom stereocenters. The van der Waals surface area contributed by atoms with Crippen LogP contribution in [0.2, 0.25) is 0 Å². The molecule has 0 saturated heterocycles. The number of anilines is 1. The summed E-state index contributed by atoms with van der Waals surface area (Å²) < 4.78 is 18.3. The van der Waals surface area contributed by atoms with Gasteiger partial charge in [-0.3, -0.25) is 10.1 Å². The number of hydrogen-bond donors (Lipinski definition) is 1. The van der Waals surface area contributed by atoms with Crippen molar-refractivity contribution in [3.63, 3.8) is 0 Å². The second-order valence-electron chi connectivity index (χ2n) is 3.96. The van der Waals surface area contributed by atoms with Crippen molar-refractivity contribution in [2.24, 2.45) is 0 Å². The molecule has 0 spiro atoms. The molecule has 0 aliphatic rings. The van der Waals surface area contributed by atoms with E-state index in [1.165, 1.54) is 29.0 Å². The average Bonchev–Trinajstić information content (AvgIpc) is 3.17. The largest absolute Gasteiger partial charge is 0.411 e. The Kier molecular flexibility index (Phi) is 4.39. The smallest absolute Gasteiger partial charge is 0.277 e. The summed E-state index contributed by atoms with van der Waals surface area (Å²) in [5.41, 5.74) is 2.13. The highest BCUT2D eigenvalue weighted by atomic mass is 32.2. The molecule has 112 valence electrons. The predicted octanol–water partition coefficient (Wildman–Crippen LogP) is 2.46. The molecule has 3 rings (SSSR count). The summed E-state index contributed by atoms with van der Waals surface area (Å²) in [6.07, 6.45) is 0. The van der Waals surface area contributed by atoms with Crippen LogP contribution in [0.1, 0.15) is 0 Å². The zero-order valence-electron chi connectivity index (χ0n) is 10.9. The number of hydrogen-bond acceptors (Lipinski definition) is 8. The number of carbonyl (C=O) groups excluding carboxylic acids is 1. The highest BCUT2D eigenvalue weighted by molar-refractivity contribution is 7.99. The molecule has 1 amide bonds. The maximum atomic E-state index is 12.8. The van der Waals surface area contributed by atoms with E-state index in [1.807, 2.05) is 0 Å². The van der Waals surface area contributed by atoms with E-state index in [0.717, 1.165) is 11.8 Å². The Hall–Kier alpha value is -2.33. The van der Waals surface area contributed by atoms with E-state index in [1.54, 1.807) is 12.1 Å². The van der Waals surface area contributed by atoms with Gasteiger partial charge in [0, 0.05) is 5.56 Å². The van der Waals surface area contributed by atoms with Gasteiger partial charge in [-0.2, -0.15) is 0 Å². The van der Waals surface area contributed by atoms with E-state index < -0.39 is 0 Å². The van der Waals surface area contributed by atoms with Crippen LogP contribution in [0.15, 0.2) is 39.4 Å². The molecule has 1 N–H and O–H groups in total. The minimum Gasteiger partial charge on any atom is -0.411 e. The van der Waals surface area contributed by atoms with E-state index in [4.69, 9.17) is 4.42 Å². The lowest BCUT2D eigenvalue weighted by molar-refractivity contribution is -0.113. The highest BCUT2D eigenvalue weighted by Gasteiger charge is 2.12. The van der Waals surface area contributed by atoms with Crippen LogP contribution < -0.4 is 5.32 Å². The van der Waals surface area contributed by atoms with E-state index in [2.05, 4.69) is 25.7 Å². The number of nitrogens with zero attached hydrogens (tertiary/aromatic N) is 4. The van der Waals surface area contributed by atoms with Crippen molar-refractivity contribution < 1.29 is 13.6 Å². The lowest BCUT2D eigenvalue weighted by Crippen LogP contribution is -2.13. The van der Waals surface area contributed by atoms with Crippen LogP contribution in [0, 0.1) is 5.82 Å². The van der Waals surface area contributed by atoms with Gasteiger partial charge in [0.25, 0.3) is 5.22 Å². The number of thioether (sulfide) groups is 1. The Balaban J connectivity index is 1.57. The molecule has 0 aliphatic carbocycles. The van der Waals surface area contributed by atoms with Gasteiger partial charge < -0.3 is 4.42 Å². The van der Waals surface area contributed by atoms with Gasteiger partial charge in [0.15, 0.2) is 0 Å². The normalized spacial score (nSPS) is 10.6. The van der Waals surface area contributed by atoms with Crippen molar-refractivity contribution >= 4 is 34.1 Å². The fourth-order valence-corrected chi connectivity index (χ4v) is 2.51. The zero-order valence-corrected chi connectivity index (χ0v) is 12.5. The molecular weight excluding hydrogens is 329 g/mol. The minimum absolute atomic E-state index is 0.102. The number of aromatic nitrogens is 4. The summed E-state index contributed by atoms with van der Waals surface area (Å²) in [5.74, 6) is -0.216. The van der Waals surface area contributed by atoms with Crippen molar-refractivity contribution in [1.82, 2.24) is 20.4 Å². The molecule has 2 aromatic heterocycles. The molecule has 7 nitrogen and oxygen atoms in total. The van der Waals surface area contributed by atoms with E-state index in [9.17, 15) is 9.18 Å². The summed E-state index contributed by atoms with van der Waals surface area (Å²) in [7, 11) is 0. The first-order valence-electron chi connectivity index (χ1n) is 5.99. The molecule has 1 aromatic carbocycles. The Morgan fingerprint density at radius 3 is 2.82 bits per heavy atom. The quantitative estimate of drug-likeness (QED) is 0.715. The van der Waals surface area contributed by atoms with Crippen LogP contribution in [0.4, 0.5) is 9.52 Å². The third-order valence-electron chi connectivity index (χ3n) is 2.43. The van der Waals surface area contributed by atoms with Crippen LogP contribution in [-0.2, 0) is 4.79 Å². The van der Waals surface area contributed by atoms with Gasteiger partial charge >= 0.3 is 0 Å². The maximum absolute atomic E-state index is 12.8. The molecule has 0 aliphatic heterocycles. The first kappa shape index (κ1) is 14.6. The Bertz CT molecular complexity index is 760. The summed E-state index contributed by atoms with van der Waals surface area (Å²) in [5, 5.41) is 18.3. The lowest BCUT2D eigenvalue weighted by Gasteiger charge is -1.98. The van der Waals surface area contributed by atoms with E-state index >= 15 is 0 Å². The second-order valence-corrected chi connectivity index (χ2v) is 5.72. The summed E-state index contributed by atoms with van der Waals surface area (Å²) in [6, 6.07) is 5.70. The minimum atomic E-state index is -0.341. The number of rotatable bonds is 5. The van der Waals surface area contributed by atoms with E-state index in [-0.39, 0.29) is 28.6 Å². The summed E-state index contributed by atoms with van der Waals surface area (Å²) in [4.78, 5) is 11.7. The highest BCUT2D eigenvalue weighted by Crippen LogP contribution is 2.23. The van der Waals surface area contributed by atoms with Gasteiger partial charge in [0.1, 0.15) is 11.3 Å². The van der Waals surface area contributed by atoms with Crippen LogP contribution in [0.5, 0.6) is 0 Å². The number of halogens is 1. The average molecular weight is 337 g/mol. The number of amides is 1. The molecule has 0 bridgehead atoms. The topological polar surface area (TPSA) is 93.8 Å². The van der Waals surface area contributed by atoms with Gasteiger partial charge in [-0.05, 0) is 24.3 Å². The first-order chi connectivity index (χ1) is 10.7. The Morgan fingerprint density at radius 2 is 2.09 bits per heavy atom. The molecule has 0 fully saturated rings. The molecule has 10 heteroatoms. The number of carbonyl (C=O) groups is 1. The third kappa shape index (κ3) is 3.65. The third-order valence-corrected chi connectivity index (χ3v) is 3.86. The first-order valence-corrected chi connectivity index (χ1v) is 7.85. The standard InChI is InChI=1S/C12H8FN5O2S2/c13-8-3-1-7(2-4-8)10-16-18-12(20-10)21-5-9(19)15-11-17-14-6-22-11/h1-4,6H,5H2,(H,15,17,19). The van der Waals surface area contributed by atoms with Crippen molar-refractivity contribution in [3.8, 4) is 11.5 Å². The maximum Gasteiger partial charge on any atom is 0.277 e. The monoisotopic (exact) mass is 337 g/mol. The molecule has 2 heterocycles. The van der Waals surface area contributed by atoms with E-state index in [0.29, 0.717) is 10.7 Å². The van der Waals surface area contributed by atoms with Crippen LogP contribution in [0.25, 0.3) is 11.5 Å². The van der Waals surface area contributed by atoms with Crippen molar-refractivity contribution in [2.45, 2.75) is 5.22 Å². The van der Waals surface area contributed by atoms with Gasteiger partial charge in [-0.25, -0.2) is 4.39 Å². The molecule has 0 radical (unpaired) electrons. The van der Waals surface area contributed by atoms with Gasteiger partial charge in [0.05, 0.1) is 5.75 Å². The SMILES string of the molecule is O=C(CSc1nnc(-c2ccc(F)cc2)o1)Nc1nncs1. The zero-order chi connectivity index (χ0) is 15.4. The molecule has 0 saturated carbocycles. The number of nitrogens with one attached hydrogen (secondary N) is 1. The van der Waals surface area contributed by atoms with Crippen molar-refractivity contribution in [1.29, 1.82) is 0 Å². The van der Waals surface area contributed by atoms with Crippen LogP contribution >= 0.6 is 23.1 Å². The van der Waals surface area contributed by atoms with Gasteiger partial charge in [-0.15, -0.1) is 20.4 Å². The lowest BCUT2D eigenvalue weighted by atomic mass is 10.2. The van der Waals surface area contributed by atoms with Crippen molar-refractivity contribution in [3.05, 3.63) is 35.6 Å². The second kappa shape index (κ2) is 6.62. The Labute approximate surface area is 132 Å².